The molecule has 1 N–H and O–H groups in total. The summed E-state index contributed by atoms with van der Waals surface area (Å²) in [7, 11) is -3.56. The third-order valence-electron chi connectivity index (χ3n) is 3.84. The molecule has 0 saturated carbocycles. The van der Waals surface area contributed by atoms with Gasteiger partial charge in [-0.1, -0.05) is 22.0 Å². The van der Waals surface area contributed by atoms with Crippen molar-refractivity contribution in [2.45, 2.75) is 44.1 Å². The zero-order valence-electron chi connectivity index (χ0n) is 14.8. The summed E-state index contributed by atoms with van der Waals surface area (Å²) in [4.78, 5) is 14.1. The third-order valence-corrected chi connectivity index (χ3v) is 5.75. The molecule has 0 aliphatic carbocycles. The Balaban J connectivity index is 1.93. The molecule has 1 heterocycles. The predicted molar refractivity (Wildman–Crippen MR) is 99.9 cm³/mol. The summed E-state index contributed by atoms with van der Waals surface area (Å²) in [5.41, 5.74) is -0.535. The maximum absolute atomic E-state index is 12.4. The first-order valence-electron chi connectivity index (χ1n) is 8.30. The molecular weight excluding hydrogens is 408 g/mol. The fourth-order valence-electron chi connectivity index (χ4n) is 2.67. The Morgan fingerprint density at radius 1 is 1.40 bits per heavy atom. The van der Waals surface area contributed by atoms with E-state index in [-0.39, 0.29) is 16.9 Å². The number of ether oxygens (including phenoxy) is 1. The third kappa shape index (κ3) is 6.27. The van der Waals surface area contributed by atoms with E-state index in [4.69, 9.17) is 4.74 Å². The highest BCUT2D eigenvalue weighted by Crippen LogP contribution is 2.20. The summed E-state index contributed by atoms with van der Waals surface area (Å²) in [6.07, 6.45) is 1.37. The second-order valence-electron chi connectivity index (χ2n) is 7.24. The van der Waals surface area contributed by atoms with Gasteiger partial charge >= 0.3 is 6.09 Å². The Hall–Kier alpha value is -1.12. The number of halogens is 1. The lowest BCUT2D eigenvalue weighted by Gasteiger charge is -2.34. The lowest BCUT2D eigenvalue weighted by atomic mass is 9.99. The van der Waals surface area contributed by atoms with Gasteiger partial charge in [-0.2, -0.15) is 0 Å². The number of piperidine rings is 1. The molecule has 0 radical (unpaired) electrons. The number of rotatable bonds is 4. The summed E-state index contributed by atoms with van der Waals surface area (Å²) in [5.74, 6) is 0.0724. The van der Waals surface area contributed by atoms with E-state index >= 15 is 0 Å². The van der Waals surface area contributed by atoms with Gasteiger partial charge in [0.1, 0.15) is 5.60 Å². The summed E-state index contributed by atoms with van der Waals surface area (Å²) in [5, 5.41) is 0. The van der Waals surface area contributed by atoms with Crippen molar-refractivity contribution >= 4 is 32.0 Å². The Bertz CT molecular complexity index is 716. The van der Waals surface area contributed by atoms with Crippen LogP contribution in [0, 0.1) is 5.92 Å². The molecule has 0 spiro atoms. The molecule has 6 nitrogen and oxygen atoms in total. The van der Waals surface area contributed by atoms with E-state index in [0.29, 0.717) is 24.1 Å². The van der Waals surface area contributed by atoms with Crippen molar-refractivity contribution in [3.8, 4) is 0 Å². The molecule has 8 heteroatoms. The SMILES string of the molecule is CC(C)(C)OC(=O)N1CCC[C@@H](CNS(=O)(=O)c2cccc(Br)c2)C1. The Labute approximate surface area is 158 Å². The number of hydrogen-bond donors (Lipinski definition) is 1. The fraction of sp³-hybridized carbons (Fsp3) is 0.588. The molecule has 0 bridgehead atoms. The van der Waals surface area contributed by atoms with Gasteiger partial charge in [-0.3, -0.25) is 0 Å². The van der Waals surface area contributed by atoms with E-state index in [9.17, 15) is 13.2 Å². The number of carbonyl (C=O) groups is 1. The maximum atomic E-state index is 12.4. The lowest BCUT2D eigenvalue weighted by Crippen LogP contribution is -2.45. The molecule has 1 aliphatic rings. The first-order valence-corrected chi connectivity index (χ1v) is 10.6. The minimum Gasteiger partial charge on any atom is -0.444 e. The zero-order valence-corrected chi connectivity index (χ0v) is 17.2. The minimum absolute atomic E-state index is 0.0724. The number of nitrogens with zero attached hydrogens (tertiary/aromatic N) is 1. The van der Waals surface area contributed by atoms with Gasteiger partial charge in [-0.05, 0) is 57.7 Å². The zero-order chi connectivity index (χ0) is 18.7. The van der Waals surface area contributed by atoms with Crippen LogP contribution >= 0.6 is 15.9 Å². The van der Waals surface area contributed by atoms with E-state index < -0.39 is 15.6 Å². The normalized spacial score (nSPS) is 18.9. The van der Waals surface area contributed by atoms with Crippen LogP contribution in [0.2, 0.25) is 0 Å². The number of benzene rings is 1. The minimum atomic E-state index is -3.56. The van der Waals surface area contributed by atoms with Crippen LogP contribution in [-0.4, -0.2) is 44.6 Å². The van der Waals surface area contributed by atoms with Crippen LogP contribution in [0.25, 0.3) is 0 Å². The number of nitrogens with one attached hydrogen (secondary N) is 1. The van der Waals surface area contributed by atoms with Gasteiger partial charge in [0.2, 0.25) is 10.0 Å². The quantitative estimate of drug-likeness (QED) is 0.790. The van der Waals surface area contributed by atoms with Crippen LogP contribution in [0.5, 0.6) is 0 Å². The average Bonchev–Trinajstić information content (AvgIpc) is 2.52. The Kier molecular flexibility index (Phi) is 6.51. The molecule has 2 rings (SSSR count). The second kappa shape index (κ2) is 8.05. The molecule has 25 heavy (non-hydrogen) atoms. The molecule has 1 fully saturated rings. The highest BCUT2D eigenvalue weighted by atomic mass is 79.9. The molecule has 0 aromatic heterocycles. The van der Waals surface area contributed by atoms with Crippen LogP contribution in [0.1, 0.15) is 33.6 Å². The summed E-state index contributed by atoms with van der Waals surface area (Å²) in [6, 6.07) is 6.58. The highest BCUT2D eigenvalue weighted by molar-refractivity contribution is 9.10. The number of amides is 1. The Morgan fingerprint density at radius 3 is 2.76 bits per heavy atom. The lowest BCUT2D eigenvalue weighted by molar-refractivity contribution is 0.0169. The fourth-order valence-corrected chi connectivity index (χ4v) is 4.38. The molecule has 1 amide bonds. The molecule has 1 aromatic rings. The summed E-state index contributed by atoms with van der Waals surface area (Å²) >= 11 is 3.28. The first kappa shape index (κ1) is 20.2. The van der Waals surface area contributed by atoms with E-state index in [2.05, 4.69) is 20.7 Å². The second-order valence-corrected chi connectivity index (χ2v) is 9.93. The molecule has 1 aliphatic heterocycles. The standard InChI is InChI=1S/C17H25BrN2O4S/c1-17(2,3)24-16(21)20-9-5-6-13(12-20)11-19-25(22,23)15-8-4-7-14(18)10-15/h4,7-8,10,13,19H,5-6,9,11-12H2,1-3H3/t13-/m0/s1. The molecule has 1 aromatic carbocycles. The van der Waals surface area contributed by atoms with Crippen LogP contribution in [0.4, 0.5) is 4.79 Å². The van der Waals surface area contributed by atoms with Crippen LogP contribution in [-0.2, 0) is 14.8 Å². The molecule has 1 saturated heterocycles. The average molecular weight is 433 g/mol. The molecule has 140 valence electrons. The van der Waals surface area contributed by atoms with Gasteiger partial charge in [0.05, 0.1) is 4.90 Å². The number of likely N-dealkylation sites (tertiary alicyclic amines) is 1. The van der Waals surface area contributed by atoms with Crippen molar-refractivity contribution < 1.29 is 17.9 Å². The topological polar surface area (TPSA) is 75.7 Å². The van der Waals surface area contributed by atoms with Gasteiger partial charge in [-0.15, -0.1) is 0 Å². The summed E-state index contributed by atoms with van der Waals surface area (Å²) < 4.78 is 33.5. The van der Waals surface area contributed by atoms with Crippen molar-refractivity contribution in [2.75, 3.05) is 19.6 Å². The first-order chi connectivity index (χ1) is 11.6. The van der Waals surface area contributed by atoms with E-state index in [1.165, 1.54) is 0 Å². The number of hydrogen-bond acceptors (Lipinski definition) is 4. The smallest absolute Gasteiger partial charge is 0.410 e. The van der Waals surface area contributed by atoms with Gasteiger partial charge in [0, 0.05) is 24.1 Å². The highest BCUT2D eigenvalue weighted by Gasteiger charge is 2.28. The molecular formula is C17H25BrN2O4S. The van der Waals surface area contributed by atoms with E-state index in [0.717, 1.165) is 12.8 Å². The monoisotopic (exact) mass is 432 g/mol. The maximum Gasteiger partial charge on any atom is 0.410 e. The van der Waals surface area contributed by atoms with Crippen molar-refractivity contribution in [2.24, 2.45) is 5.92 Å². The largest absolute Gasteiger partial charge is 0.444 e. The predicted octanol–water partition coefficient (Wildman–Crippen LogP) is 3.37. The van der Waals surface area contributed by atoms with Crippen LogP contribution in [0.3, 0.4) is 0 Å². The molecule has 1 atom stereocenters. The van der Waals surface area contributed by atoms with E-state index in [1.807, 2.05) is 20.8 Å². The van der Waals surface area contributed by atoms with Gasteiger partial charge < -0.3 is 9.64 Å². The molecule has 0 unspecified atom stereocenters. The van der Waals surface area contributed by atoms with Gasteiger partial charge in [0.25, 0.3) is 0 Å². The Morgan fingerprint density at radius 2 is 2.12 bits per heavy atom. The van der Waals surface area contributed by atoms with E-state index in [1.54, 1.807) is 29.2 Å². The van der Waals surface area contributed by atoms with Crippen LogP contribution in [0.15, 0.2) is 33.6 Å². The number of sulfonamides is 1. The van der Waals surface area contributed by atoms with Crippen molar-refractivity contribution in [1.29, 1.82) is 0 Å². The van der Waals surface area contributed by atoms with Crippen molar-refractivity contribution in [1.82, 2.24) is 9.62 Å². The summed E-state index contributed by atoms with van der Waals surface area (Å²) in [6.45, 7) is 6.93. The van der Waals surface area contributed by atoms with Crippen LogP contribution < -0.4 is 4.72 Å². The van der Waals surface area contributed by atoms with Crippen molar-refractivity contribution in [3.63, 3.8) is 0 Å². The van der Waals surface area contributed by atoms with Gasteiger partial charge in [0.15, 0.2) is 0 Å². The number of carbonyl (C=O) groups excluding carboxylic acids is 1. The van der Waals surface area contributed by atoms with Gasteiger partial charge in [-0.25, -0.2) is 17.9 Å². The van der Waals surface area contributed by atoms with Crippen molar-refractivity contribution in [3.05, 3.63) is 28.7 Å².